The zero-order valence-corrected chi connectivity index (χ0v) is 11.4. The van der Waals surface area contributed by atoms with Crippen LogP contribution in [0.2, 0.25) is 0 Å². The standard InChI is InChI=1S/C12H20F3NO3/c1-8-6-10(18-3)4-5-16(8)11(17)9(2)19-7-12(13,14)15/h8-10H,4-7H2,1-3H3/t8-,9+,10+/m0/s1. The molecule has 0 aromatic heterocycles. The highest BCUT2D eigenvalue weighted by atomic mass is 19.4. The van der Waals surface area contributed by atoms with Gasteiger partial charge in [0.25, 0.3) is 5.91 Å². The van der Waals surface area contributed by atoms with E-state index in [9.17, 15) is 18.0 Å². The van der Waals surface area contributed by atoms with Gasteiger partial charge in [-0.3, -0.25) is 4.79 Å². The summed E-state index contributed by atoms with van der Waals surface area (Å²) in [5.41, 5.74) is 0. The van der Waals surface area contributed by atoms with Gasteiger partial charge in [0.15, 0.2) is 0 Å². The second-order valence-corrected chi connectivity index (χ2v) is 4.83. The zero-order chi connectivity index (χ0) is 14.6. The minimum atomic E-state index is -4.41. The van der Waals surface area contributed by atoms with Crippen molar-refractivity contribution in [3.63, 3.8) is 0 Å². The van der Waals surface area contributed by atoms with Crippen LogP contribution >= 0.6 is 0 Å². The molecule has 0 unspecified atom stereocenters. The smallest absolute Gasteiger partial charge is 0.381 e. The fourth-order valence-corrected chi connectivity index (χ4v) is 2.19. The summed E-state index contributed by atoms with van der Waals surface area (Å²) >= 11 is 0. The second kappa shape index (κ2) is 6.56. The molecular formula is C12H20F3NO3. The first-order chi connectivity index (χ1) is 8.74. The van der Waals surface area contributed by atoms with Gasteiger partial charge in [-0.15, -0.1) is 0 Å². The summed E-state index contributed by atoms with van der Waals surface area (Å²) in [7, 11) is 1.62. The summed E-state index contributed by atoms with van der Waals surface area (Å²) in [5, 5.41) is 0. The van der Waals surface area contributed by atoms with Crippen molar-refractivity contribution in [1.29, 1.82) is 0 Å². The van der Waals surface area contributed by atoms with Crippen LogP contribution in [0.15, 0.2) is 0 Å². The number of hydrogen-bond donors (Lipinski definition) is 0. The summed E-state index contributed by atoms with van der Waals surface area (Å²) in [4.78, 5) is 13.6. The van der Waals surface area contributed by atoms with Crippen LogP contribution in [0.25, 0.3) is 0 Å². The number of carbonyl (C=O) groups is 1. The number of amides is 1. The van der Waals surface area contributed by atoms with E-state index in [0.717, 1.165) is 0 Å². The minimum absolute atomic E-state index is 0.0527. The molecule has 1 aliphatic heterocycles. The van der Waals surface area contributed by atoms with Crippen molar-refractivity contribution < 1.29 is 27.4 Å². The monoisotopic (exact) mass is 283 g/mol. The Labute approximate surface area is 110 Å². The van der Waals surface area contributed by atoms with Gasteiger partial charge in [-0.2, -0.15) is 13.2 Å². The number of nitrogens with zero attached hydrogens (tertiary/aromatic N) is 1. The first-order valence-corrected chi connectivity index (χ1v) is 6.26. The van der Waals surface area contributed by atoms with Crippen LogP contribution in [0.3, 0.4) is 0 Å². The molecule has 0 saturated carbocycles. The van der Waals surface area contributed by atoms with Crippen molar-refractivity contribution in [3.8, 4) is 0 Å². The van der Waals surface area contributed by atoms with E-state index in [0.29, 0.717) is 19.4 Å². The Morgan fingerprint density at radius 1 is 1.47 bits per heavy atom. The van der Waals surface area contributed by atoms with Crippen LogP contribution in [0.1, 0.15) is 26.7 Å². The lowest BCUT2D eigenvalue weighted by atomic mass is 10.00. The normalized spacial score (nSPS) is 26.3. The Balaban J connectivity index is 2.48. The number of hydrogen-bond acceptors (Lipinski definition) is 3. The van der Waals surface area contributed by atoms with Crippen LogP contribution in [0.5, 0.6) is 0 Å². The molecule has 0 aromatic rings. The predicted octanol–water partition coefficient (Wildman–Crippen LogP) is 1.98. The average Bonchev–Trinajstić information content (AvgIpc) is 2.34. The quantitative estimate of drug-likeness (QED) is 0.792. The van der Waals surface area contributed by atoms with Gasteiger partial charge < -0.3 is 14.4 Å². The van der Waals surface area contributed by atoms with Gasteiger partial charge >= 0.3 is 6.18 Å². The number of alkyl halides is 3. The van der Waals surface area contributed by atoms with Gasteiger partial charge in [0.05, 0.1) is 6.10 Å². The number of methoxy groups -OCH3 is 1. The molecule has 0 aliphatic carbocycles. The van der Waals surface area contributed by atoms with E-state index >= 15 is 0 Å². The van der Waals surface area contributed by atoms with Gasteiger partial charge in [0.2, 0.25) is 0 Å². The van der Waals surface area contributed by atoms with E-state index in [2.05, 4.69) is 4.74 Å². The fourth-order valence-electron chi connectivity index (χ4n) is 2.19. The van der Waals surface area contributed by atoms with E-state index in [4.69, 9.17) is 4.74 Å². The third kappa shape index (κ3) is 4.99. The highest BCUT2D eigenvalue weighted by molar-refractivity contribution is 5.81. The van der Waals surface area contributed by atoms with Gasteiger partial charge in [0, 0.05) is 19.7 Å². The number of rotatable bonds is 4. The molecule has 0 radical (unpaired) electrons. The molecule has 0 spiro atoms. The molecule has 7 heteroatoms. The van der Waals surface area contributed by atoms with Crippen LogP contribution < -0.4 is 0 Å². The lowest BCUT2D eigenvalue weighted by Gasteiger charge is -2.38. The second-order valence-electron chi connectivity index (χ2n) is 4.83. The molecule has 1 rings (SSSR count). The van der Waals surface area contributed by atoms with Gasteiger partial charge in [-0.1, -0.05) is 0 Å². The molecule has 1 aliphatic rings. The van der Waals surface area contributed by atoms with Crippen molar-refractivity contribution in [2.75, 3.05) is 20.3 Å². The van der Waals surface area contributed by atoms with E-state index in [1.165, 1.54) is 6.92 Å². The molecule has 0 N–H and O–H groups in total. The molecule has 1 heterocycles. The number of halogens is 3. The predicted molar refractivity (Wildman–Crippen MR) is 62.7 cm³/mol. The topological polar surface area (TPSA) is 38.8 Å². The maximum Gasteiger partial charge on any atom is 0.411 e. The van der Waals surface area contributed by atoms with Crippen LogP contribution in [0, 0.1) is 0 Å². The lowest BCUT2D eigenvalue weighted by Crippen LogP contribution is -2.50. The Bertz CT molecular complexity index is 309. The Morgan fingerprint density at radius 3 is 2.58 bits per heavy atom. The molecule has 1 fully saturated rings. The van der Waals surface area contributed by atoms with Crippen molar-refractivity contribution >= 4 is 5.91 Å². The Kier molecular flexibility index (Phi) is 5.61. The lowest BCUT2D eigenvalue weighted by molar-refractivity contribution is -0.189. The third-order valence-electron chi connectivity index (χ3n) is 3.29. The Morgan fingerprint density at radius 2 is 2.11 bits per heavy atom. The zero-order valence-electron chi connectivity index (χ0n) is 11.4. The third-order valence-corrected chi connectivity index (χ3v) is 3.29. The summed E-state index contributed by atoms with van der Waals surface area (Å²) in [6.07, 6.45) is -4.01. The van der Waals surface area contributed by atoms with Gasteiger partial charge in [0.1, 0.15) is 12.7 Å². The number of piperidine rings is 1. The maximum atomic E-state index is 12.0. The van der Waals surface area contributed by atoms with E-state index in [1.54, 1.807) is 12.0 Å². The molecule has 3 atom stereocenters. The van der Waals surface area contributed by atoms with E-state index in [1.807, 2.05) is 6.92 Å². The van der Waals surface area contributed by atoms with Crippen molar-refractivity contribution in [2.24, 2.45) is 0 Å². The summed E-state index contributed by atoms with van der Waals surface area (Å²) < 4.78 is 45.9. The fraction of sp³-hybridized carbons (Fsp3) is 0.917. The summed E-state index contributed by atoms with van der Waals surface area (Å²) in [5.74, 6) is -0.397. The molecule has 4 nitrogen and oxygen atoms in total. The maximum absolute atomic E-state index is 12.0. The van der Waals surface area contributed by atoms with E-state index < -0.39 is 24.8 Å². The largest absolute Gasteiger partial charge is 0.411 e. The SMILES string of the molecule is CO[C@@H]1CCN(C(=O)[C@@H](C)OCC(F)(F)F)[C@@H](C)C1. The first kappa shape index (κ1) is 16.2. The Hall–Kier alpha value is -0.820. The van der Waals surface area contributed by atoms with Crippen LogP contribution in [-0.4, -0.2) is 55.5 Å². The number of ether oxygens (including phenoxy) is 2. The summed E-state index contributed by atoms with van der Waals surface area (Å²) in [6.45, 7) is 2.30. The highest BCUT2D eigenvalue weighted by Gasteiger charge is 2.34. The molecule has 19 heavy (non-hydrogen) atoms. The number of carbonyl (C=O) groups excluding carboxylic acids is 1. The molecule has 1 saturated heterocycles. The van der Waals surface area contributed by atoms with Crippen LogP contribution in [0.4, 0.5) is 13.2 Å². The van der Waals surface area contributed by atoms with Crippen molar-refractivity contribution in [3.05, 3.63) is 0 Å². The molecule has 0 aromatic carbocycles. The van der Waals surface area contributed by atoms with Crippen molar-refractivity contribution in [2.45, 2.75) is 51.1 Å². The summed E-state index contributed by atoms with van der Waals surface area (Å²) in [6, 6.07) is -0.0527. The first-order valence-electron chi connectivity index (χ1n) is 6.26. The molecule has 0 bridgehead atoms. The number of likely N-dealkylation sites (tertiary alicyclic amines) is 1. The highest BCUT2D eigenvalue weighted by Crippen LogP contribution is 2.21. The molecule has 1 amide bonds. The van der Waals surface area contributed by atoms with Gasteiger partial charge in [-0.05, 0) is 26.7 Å². The van der Waals surface area contributed by atoms with Crippen molar-refractivity contribution in [1.82, 2.24) is 4.90 Å². The molecule has 112 valence electrons. The minimum Gasteiger partial charge on any atom is -0.381 e. The van der Waals surface area contributed by atoms with E-state index in [-0.39, 0.29) is 12.1 Å². The average molecular weight is 283 g/mol. The van der Waals surface area contributed by atoms with Gasteiger partial charge in [-0.25, -0.2) is 0 Å². The molecular weight excluding hydrogens is 263 g/mol. The van der Waals surface area contributed by atoms with Crippen LogP contribution in [-0.2, 0) is 14.3 Å².